The van der Waals surface area contributed by atoms with Gasteiger partial charge in [-0.05, 0) is 13.3 Å². The van der Waals surface area contributed by atoms with Gasteiger partial charge in [-0.3, -0.25) is 4.79 Å². The average Bonchev–Trinajstić information content (AvgIpc) is 1.88. The number of carboxylic acid groups (broad SMARTS) is 1. The number of amides is 1. The number of carboxylic acids is 1. The molecule has 4 nitrogen and oxygen atoms in total. The second kappa shape index (κ2) is 3.95. The predicted molar refractivity (Wildman–Crippen MR) is 40.1 cm³/mol. The molecule has 64 valence electrons. The molecule has 4 heteroatoms. The van der Waals surface area contributed by atoms with Crippen LogP contribution in [0, 0.1) is 0 Å². The number of hydrogen-bond acceptors (Lipinski definition) is 2. The van der Waals surface area contributed by atoms with Gasteiger partial charge >= 0.3 is 5.97 Å². The predicted octanol–water partition coefficient (Wildman–Crippen LogP) is 0.376. The number of nitrogens with one attached hydrogen (secondary N) is 1. The van der Waals surface area contributed by atoms with Gasteiger partial charge in [-0.1, -0.05) is 13.3 Å². The number of rotatable bonds is 5. The average molecular weight is 159 g/mol. The summed E-state index contributed by atoms with van der Waals surface area (Å²) >= 11 is 0. The Labute approximate surface area is 65.6 Å². The first kappa shape index (κ1) is 9.94. The van der Waals surface area contributed by atoms with Crippen LogP contribution in [-0.4, -0.2) is 23.0 Å². The van der Waals surface area contributed by atoms with E-state index in [2.05, 4.69) is 5.32 Å². The standard InChI is InChI=1S/C7H13NO3/c1-3-4-7(2,6(10)11)8-5-9/h5H,3-4H2,1-2H3,(H,8,9)(H,10,11). The third kappa shape index (κ3) is 2.57. The first-order valence-corrected chi connectivity index (χ1v) is 3.51. The molecule has 0 aliphatic heterocycles. The van der Waals surface area contributed by atoms with E-state index in [1.165, 1.54) is 6.92 Å². The molecule has 1 atom stereocenters. The Hall–Kier alpha value is -1.06. The minimum absolute atomic E-state index is 0.420. The molecule has 0 bridgehead atoms. The molecular weight excluding hydrogens is 146 g/mol. The van der Waals surface area contributed by atoms with Crippen molar-refractivity contribution in [2.45, 2.75) is 32.2 Å². The van der Waals surface area contributed by atoms with Gasteiger partial charge in [0, 0.05) is 0 Å². The number of carbonyl (C=O) groups is 2. The van der Waals surface area contributed by atoms with Crippen LogP contribution >= 0.6 is 0 Å². The van der Waals surface area contributed by atoms with Crippen molar-refractivity contribution in [1.82, 2.24) is 5.32 Å². The van der Waals surface area contributed by atoms with Crippen molar-refractivity contribution in [2.24, 2.45) is 0 Å². The first-order valence-electron chi connectivity index (χ1n) is 3.51. The van der Waals surface area contributed by atoms with E-state index in [-0.39, 0.29) is 0 Å². The highest BCUT2D eigenvalue weighted by molar-refractivity contribution is 5.80. The third-order valence-corrected chi connectivity index (χ3v) is 1.60. The summed E-state index contributed by atoms with van der Waals surface area (Å²) in [6.45, 7) is 3.36. The molecule has 0 aromatic carbocycles. The Morgan fingerprint density at radius 1 is 1.73 bits per heavy atom. The van der Waals surface area contributed by atoms with Gasteiger partial charge in [-0.2, -0.15) is 0 Å². The molecule has 0 rings (SSSR count). The molecule has 2 N–H and O–H groups in total. The minimum atomic E-state index is -1.10. The van der Waals surface area contributed by atoms with Crippen LogP contribution in [0.5, 0.6) is 0 Å². The van der Waals surface area contributed by atoms with Gasteiger partial charge < -0.3 is 10.4 Å². The van der Waals surface area contributed by atoms with Crippen LogP contribution in [0.15, 0.2) is 0 Å². The van der Waals surface area contributed by atoms with Gasteiger partial charge in [-0.15, -0.1) is 0 Å². The molecule has 0 radical (unpaired) electrons. The maximum Gasteiger partial charge on any atom is 0.329 e. The third-order valence-electron chi connectivity index (χ3n) is 1.60. The maximum absolute atomic E-state index is 10.6. The summed E-state index contributed by atoms with van der Waals surface area (Å²) in [5.74, 6) is -0.994. The fourth-order valence-electron chi connectivity index (χ4n) is 0.871. The highest BCUT2D eigenvalue weighted by atomic mass is 16.4. The molecule has 0 saturated carbocycles. The van der Waals surface area contributed by atoms with Crippen LogP contribution in [0.4, 0.5) is 0 Å². The van der Waals surface area contributed by atoms with Crippen LogP contribution in [0.25, 0.3) is 0 Å². The van der Waals surface area contributed by atoms with E-state index in [4.69, 9.17) is 5.11 Å². The Balaban J connectivity index is 4.24. The van der Waals surface area contributed by atoms with Crippen molar-refractivity contribution in [1.29, 1.82) is 0 Å². The number of hydrogen-bond donors (Lipinski definition) is 2. The summed E-state index contributed by atoms with van der Waals surface area (Å²) in [5, 5.41) is 11.0. The second-order valence-corrected chi connectivity index (χ2v) is 2.65. The number of carbonyl (C=O) groups excluding carboxylic acids is 1. The monoisotopic (exact) mass is 159 g/mol. The Bertz CT molecular complexity index is 158. The Kier molecular flexibility index (Phi) is 3.57. The molecule has 0 aromatic heterocycles. The number of aliphatic carboxylic acids is 1. The van der Waals surface area contributed by atoms with Crippen molar-refractivity contribution in [3.8, 4) is 0 Å². The molecule has 0 spiro atoms. The molecule has 0 fully saturated rings. The lowest BCUT2D eigenvalue weighted by molar-refractivity contribution is -0.145. The summed E-state index contributed by atoms with van der Waals surface area (Å²) in [4.78, 5) is 20.6. The highest BCUT2D eigenvalue weighted by Crippen LogP contribution is 2.10. The lowest BCUT2D eigenvalue weighted by Crippen LogP contribution is -2.48. The van der Waals surface area contributed by atoms with E-state index in [0.717, 1.165) is 6.42 Å². The van der Waals surface area contributed by atoms with E-state index in [9.17, 15) is 9.59 Å². The van der Waals surface area contributed by atoms with Crippen LogP contribution in [-0.2, 0) is 9.59 Å². The lowest BCUT2D eigenvalue weighted by atomic mass is 9.97. The van der Waals surface area contributed by atoms with Gasteiger partial charge in [-0.25, -0.2) is 4.79 Å². The van der Waals surface area contributed by atoms with Crippen LogP contribution < -0.4 is 5.32 Å². The zero-order valence-corrected chi connectivity index (χ0v) is 6.76. The zero-order chi connectivity index (χ0) is 8.91. The van der Waals surface area contributed by atoms with Crippen molar-refractivity contribution in [3.05, 3.63) is 0 Å². The summed E-state index contributed by atoms with van der Waals surface area (Å²) in [5.41, 5.74) is -1.10. The molecule has 11 heavy (non-hydrogen) atoms. The minimum Gasteiger partial charge on any atom is -0.480 e. The van der Waals surface area contributed by atoms with Gasteiger partial charge in [0.2, 0.25) is 6.41 Å². The fourth-order valence-corrected chi connectivity index (χ4v) is 0.871. The summed E-state index contributed by atoms with van der Waals surface area (Å²) in [6, 6.07) is 0. The smallest absolute Gasteiger partial charge is 0.329 e. The highest BCUT2D eigenvalue weighted by Gasteiger charge is 2.30. The maximum atomic E-state index is 10.6. The van der Waals surface area contributed by atoms with Crippen LogP contribution in [0.1, 0.15) is 26.7 Å². The lowest BCUT2D eigenvalue weighted by Gasteiger charge is -2.22. The second-order valence-electron chi connectivity index (χ2n) is 2.65. The fraction of sp³-hybridized carbons (Fsp3) is 0.714. The van der Waals surface area contributed by atoms with Crippen LogP contribution in [0.2, 0.25) is 0 Å². The van der Waals surface area contributed by atoms with Gasteiger partial charge in [0.25, 0.3) is 0 Å². The molecule has 0 saturated heterocycles. The Morgan fingerprint density at radius 2 is 2.27 bits per heavy atom. The van der Waals surface area contributed by atoms with Crippen molar-refractivity contribution < 1.29 is 14.7 Å². The molecular formula is C7H13NO3. The molecule has 0 aliphatic carbocycles. The van der Waals surface area contributed by atoms with Crippen LogP contribution in [0.3, 0.4) is 0 Å². The van der Waals surface area contributed by atoms with Crippen molar-refractivity contribution in [2.75, 3.05) is 0 Å². The van der Waals surface area contributed by atoms with E-state index < -0.39 is 11.5 Å². The SMILES string of the molecule is CCCC(C)(NC=O)C(=O)O. The quantitative estimate of drug-likeness (QED) is 0.570. The largest absolute Gasteiger partial charge is 0.480 e. The molecule has 1 amide bonds. The van der Waals surface area contributed by atoms with E-state index in [1.807, 2.05) is 6.92 Å². The normalized spacial score (nSPS) is 15.1. The molecule has 1 unspecified atom stereocenters. The van der Waals surface area contributed by atoms with E-state index >= 15 is 0 Å². The van der Waals surface area contributed by atoms with E-state index in [1.54, 1.807) is 0 Å². The topological polar surface area (TPSA) is 66.4 Å². The van der Waals surface area contributed by atoms with Gasteiger partial charge in [0.05, 0.1) is 0 Å². The zero-order valence-electron chi connectivity index (χ0n) is 6.76. The van der Waals surface area contributed by atoms with E-state index in [0.29, 0.717) is 12.8 Å². The summed E-state index contributed by atoms with van der Waals surface area (Å²) in [6.07, 6.45) is 1.59. The molecule has 0 aliphatic rings. The van der Waals surface area contributed by atoms with Gasteiger partial charge in [0.15, 0.2) is 0 Å². The van der Waals surface area contributed by atoms with Crippen molar-refractivity contribution in [3.63, 3.8) is 0 Å². The van der Waals surface area contributed by atoms with Crippen molar-refractivity contribution >= 4 is 12.4 Å². The van der Waals surface area contributed by atoms with Gasteiger partial charge in [0.1, 0.15) is 5.54 Å². The first-order chi connectivity index (χ1) is 5.06. The summed E-state index contributed by atoms with van der Waals surface area (Å²) in [7, 11) is 0. The Morgan fingerprint density at radius 3 is 2.55 bits per heavy atom. The molecule has 0 aromatic rings. The molecule has 0 heterocycles. The summed E-state index contributed by atoms with van der Waals surface area (Å²) < 4.78 is 0.